The first-order chi connectivity index (χ1) is 16.0. The Morgan fingerprint density at radius 1 is 1.03 bits per heavy atom. The lowest BCUT2D eigenvalue weighted by molar-refractivity contribution is -0.149. The Morgan fingerprint density at radius 3 is 2.18 bits per heavy atom. The number of piperidine rings is 1. The van der Waals surface area contributed by atoms with Crippen molar-refractivity contribution in [3.8, 4) is 0 Å². The van der Waals surface area contributed by atoms with Crippen LogP contribution in [-0.4, -0.2) is 84.5 Å². The molecule has 0 bridgehead atoms. The molecule has 1 aromatic heterocycles. The average Bonchev–Trinajstić information content (AvgIpc) is 2.86. The van der Waals surface area contributed by atoms with Crippen LogP contribution in [0.2, 0.25) is 0 Å². The Hall–Kier alpha value is -2.68. The molecule has 34 heavy (non-hydrogen) atoms. The van der Waals surface area contributed by atoms with Gasteiger partial charge in [0.25, 0.3) is 0 Å². The van der Waals surface area contributed by atoms with Crippen molar-refractivity contribution in [1.29, 1.82) is 0 Å². The van der Waals surface area contributed by atoms with Gasteiger partial charge < -0.3 is 25.2 Å². The van der Waals surface area contributed by atoms with Crippen molar-refractivity contribution >= 4 is 23.5 Å². The fraction of sp³-hybridized carbons (Fsp3) is 0.680. The van der Waals surface area contributed by atoms with Gasteiger partial charge in [-0.05, 0) is 44.2 Å². The number of carbonyl (C=O) groups is 3. The zero-order chi connectivity index (χ0) is 24.2. The van der Waals surface area contributed by atoms with E-state index in [1.165, 1.54) is 0 Å². The van der Waals surface area contributed by atoms with Crippen LogP contribution in [0.1, 0.15) is 53.9 Å². The number of pyridine rings is 1. The smallest absolute Gasteiger partial charge is 0.315 e. The van der Waals surface area contributed by atoms with Gasteiger partial charge in [-0.3, -0.25) is 19.4 Å². The summed E-state index contributed by atoms with van der Waals surface area (Å²) in [7, 11) is 0. The fourth-order valence-electron chi connectivity index (χ4n) is 4.30. The van der Waals surface area contributed by atoms with Crippen LogP contribution >= 0.6 is 0 Å². The average molecular weight is 478 g/mol. The number of rotatable bonds is 7. The summed E-state index contributed by atoms with van der Waals surface area (Å²) in [5.41, 5.74) is 7.38. The molecule has 2 aliphatic heterocycles. The highest BCUT2D eigenvalue weighted by atomic mass is 16.5. The van der Waals surface area contributed by atoms with Crippen molar-refractivity contribution in [2.75, 3.05) is 50.8 Å². The van der Waals surface area contributed by atoms with Crippen molar-refractivity contribution in [3.05, 3.63) is 24.5 Å². The van der Waals surface area contributed by atoms with Gasteiger partial charge in [0.15, 0.2) is 0 Å². The van der Waals surface area contributed by atoms with Crippen LogP contribution in [-0.2, 0) is 19.1 Å². The highest BCUT2D eigenvalue weighted by Gasteiger charge is 2.30. The second kappa shape index (κ2) is 15.3. The second-order valence-electron chi connectivity index (χ2n) is 8.17. The normalized spacial score (nSPS) is 17.1. The van der Waals surface area contributed by atoms with Crippen LogP contribution in [0.15, 0.2) is 24.5 Å². The number of aromatic nitrogens is 1. The summed E-state index contributed by atoms with van der Waals surface area (Å²) in [4.78, 5) is 46.4. The van der Waals surface area contributed by atoms with Crippen LogP contribution in [0.4, 0.5) is 5.69 Å². The predicted octanol–water partition coefficient (Wildman–Crippen LogP) is 2.30. The zero-order valence-corrected chi connectivity index (χ0v) is 20.2. The fourth-order valence-corrected chi connectivity index (χ4v) is 4.30. The molecule has 0 spiro atoms. The first-order valence-electron chi connectivity index (χ1n) is 12.1. The number of nitrogens with two attached hydrogens (primary N) is 1. The number of esters is 1. The number of likely N-dealkylation sites (tertiary alicyclic amines) is 1. The van der Waals surface area contributed by atoms with E-state index in [-0.39, 0.29) is 32.3 Å². The quantitative estimate of drug-likeness (QED) is 0.474. The lowest BCUT2D eigenvalue weighted by Gasteiger charge is -2.38. The largest absolute Gasteiger partial charge is 0.466 e. The molecular formula is C25H43N5O4. The van der Waals surface area contributed by atoms with Crippen LogP contribution in [0.5, 0.6) is 0 Å². The highest BCUT2D eigenvalue weighted by molar-refractivity contribution is 5.94. The zero-order valence-electron chi connectivity index (χ0n) is 20.2. The number of ether oxygens (including phenoxy) is 1. The molecule has 0 aromatic carbocycles. The molecule has 0 aliphatic carbocycles. The molecule has 0 radical (unpaired) electrons. The monoisotopic (exact) mass is 477 g/mol. The summed E-state index contributed by atoms with van der Waals surface area (Å²) < 4.78 is 4.84. The number of carbonyl (C=O) groups excluding carboxylic acids is 3. The SMILES string of the molecule is C.CC.CCOC(=O)CC(=O)N1CCC(CC(N)C(=O)N2CCN(c3ccncc3)CC2)CC1. The number of hydrogen-bond acceptors (Lipinski definition) is 7. The van der Waals surface area contributed by atoms with Crippen molar-refractivity contribution in [2.45, 2.75) is 59.9 Å². The minimum atomic E-state index is -0.515. The van der Waals surface area contributed by atoms with Crippen LogP contribution < -0.4 is 10.6 Å². The Balaban J connectivity index is 0.00000188. The van der Waals surface area contributed by atoms with E-state index in [0.717, 1.165) is 31.6 Å². The molecule has 1 aromatic rings. The highest BCUT2D eigenvalue weighted by Crippen LogP contribution is 2.23. The first-order valence-corrected chi connectivity index (χ1v) is 12.1. The first kappa shape index (κ1) is 29.4. The summed E-state index contributed by atoms with van der Waals surface area (Å²) in [5, 5.41) is 0. The third-order valence-corrected chi connectivity index (χ3v) is 6.09. The number of hydrogen-bond donors (Lipinski definition) is 1. The molecule has 2 fully saturated rings. The third-order valence-electron chi connectivity index (χ3n) is 6.09. The van der Waals surface area contributed by atoms with E-state index in [9.17, 15) is 14.4 Å². The lowest BCUT2D eigenvalue weighted by atomic mass is 9.90. The van der Waals surface area contributed by atoms with E-state index in [1.807, 2.05) is 30.9 Å². The molecule has 0 saturated carbocycles. The van der Waals surface area contributed by atoms with Crippen molar-refractivity contribution in [2.24, 2.45) is 11.7 Å². The third kappa shape index (κ3) is 8.59. The van der Waals surface area contributed by atoms with E-state index in [4.69, 9.17) is 10.5 Å². The summed E-state index contributed by atoms with van der Waals surface area (Å²) in [6, 6.07) is 3.44. The van der Waals surface area contributed by atoms with E-state index < -0.39 is 12.0 Å². The van der Waals surface area contributed by atoms with E-state index in [2.05, 4.69) is 9.88 Å². The minimum Gasteiger partial charge on any atom is -0.466 e. The molecule has 1 unspecified atom stereocenters. The maximum absolute atomic E-state index is 12.8. The Labute approximate surface area is 204 Å². The van der Waals surface area contributed by atoms with Gasteiger partial charge in [-0.1, -0.05) is 21.3 Å². The maximum Gasteiger partial charge on any atom is 0.315 e. The molecule has 192 valence electrons. The van der Waals surface area contributed by atoms with E-state index in [1.54, 1.807) is 24.2 Å². The summed E-state index contributed by atoms with van der Waals surface area (Å²) in [6.07, 6.45) is 5.57. The van der Waals surface area contributed by atoms with Crippen LogP contribution in [0.3, 0.4) is 0 Å². The number of piperazine rings is 1. The van der Waals surface area contributed by atoms with Gasteiger partial charge in [-0.2, -0.15) is 0 Å². The molecule has 2 amide bonds. The Kier molecular flexibility index (Phi) is 13.2. The molecule has 9 heteroatoms. The maximum atomic E-state index is 12.8. The topological polar surface area (TPSA) is 109 Å². The summed E-state index contributed by atoms with van der Waals surface area (Å²) in [6.45, 7) is 10.1. The molecule has 3 heterocycles. The number of amides is 2. The molecule has 2 aliphatic rings. The van der Waals surface area contributed by atoms with Crippen LogP contribution in [0.25, 0.3) is 0 Å². The van der Waals surface area contributed by atoms with Gasteiger partial charge in [-0.25, -0.2) is 0 Å². The van der Waals surface area contributed by atoms with E-state index in [0.29, 0.717) is 38.5 Å². The molecule has 2 saturated heterocycles. The predicted molar refractivity (Wildman–Crippen MR) is 134 cm³/mol. The molecule has 2 N–H and O–H groups in total. The van der Waals surface area contributed by atoms with Gasteiger partial charge in [0, 0.05) is 57.3 Å². The lowest BCUT2D eigenvalue weighted by Crippen LogP contribution is -2.53. The van der Waals surface area contributed by atoms with Gasteiger partial charge in [0.1, 0.15) is 6.42 Å². The summed E-state index contributed by atoms with van der Waals surface area (Å²) >= 11 is 0. The molecule has 1 atom stereocenters. The molecule has 9 nitrogen and oxygen atoms in total. The van der Waals surface area contributed by atoms with Crippen molar-refractivity contribution in [3.63, 3.8) is 0 Å². The molecule has 3 rings (SSSR count). The van der Waals surface area contributed by atoms with Crippen molar-refractivity contribution in [1.82, 2.24) is 14.8 Å². The van der Waals surface area contributed by atoms with Gasteiger partial charge in [-0.15, -0.1) is 0 Å². The summed E-state index contributed by atoms with van der Waals surface area (Å²) in [5.74, 6) is -0.352. The van der Waals surface area contributed by atoms with Crippen LogP contribution in [0, 0.1) is 5.92 Å². The molecular weight excluding hydrogens is 434 g/mol. The van der Waals surface area contributed by atoms with Gasteiger partial charge in [0.2, 0.25) is 11.8 Å². The van der Waals surface area contributed by atoms with Crippen molar-refractivity contribution < 1.29 is 19.1 Å². The van der Waals surface area contributed by atoms with Gasteiger partial charge >= 0.3 is 5.97 Å². The minimum absolute atomic E-state index is 0. The Morgan fingerprint density at radius 2 is 1.62 bits per heavy atom. The standard InChI is InChI=1S/C22H33N5O4.C2H6.CH4/c1-2-31-21(29)16-20(28)26-9-5-17(6-10-26)15-19(23)22(30)27-13-11-25(12-14-27)18-3-7-24-8-4-18;1-2;/h3-4,7-8,17,19H,2,5-6,9-16,23H2,1H3;1-2H3;1H4. The van der Waals surface area contributed by atoms with E-state index >= 15 is 0 Å². The second-order valence-corrected chi connectivity index (χ2v) is 8.17. The number of nitrogens with zero attached hydrogens (tertiary/aromatic N) is 4. The number of anilines is 1. The Bertz CT molecular complexity index is 745. The van der Waals surface area contributed by atoms with Gasteiger partial charge in [0.05, 0.1) is 12.6 Å².